The van der Waals surface area contributed by atoms with Crippen molar-refractivity contribution >= 4 is 17.9 Å². The van der Waals surface area contributed by atoms with E-state index in [1.54, 1.807) is 18.8 Å². The number of nitrogens with one attached hydrogen (secondary N) is 1. The highest BCUT2D eigenvalue weighted by Gasteiger charge is 1.94. The van der Waals surface area contributed by atoms with Crippen molar-refractivity contribution in [3.63, 3.8) is 0 Å². The molecule has 0 fully saturated rings. The van der Waals surface area contributed by atoms with Gasteiger partial charge in [0.05, 0.1) is 0 Å². The van der Waals surface area contributed by atoms with Crippen LogP contribution in [0.3, 0.4) is 0 Å². The van der Waals surface area contributed by atoms with Crippen LogP contribution in [0, 0.1) is 0 Å². The first-order chi connectivity index (χ1) is 4.81. The van der Waals surface area contributed by atoms with E-state index >= 15 is 0 Å². The summed E-state index contributed by atoms with van der Waals surface area (Å²) in [6.45, 7) is 2.57. The molecule has 10 heavy (non-hydrogen) atoms. The molecule has 0 atom stereocenters. The van der Waals surface area contributed by atoms with Gasteiger partial charge in [-0.25, -0.2) is 4.79 Å². The molecule has 0 radical (unpaired) electrons. The van der Waals surface area contributed by atoms with Crippen LogP contribution in [-0.2, 0) is 4.74 Å². The van der Waals surface area contributed by atoms with Crippen molar-refractivity contribution in [1.29, 1.82) is 0 Å². The molecule has 4 heteroatoms. The maximum atomic E-state index is 10.4. The number of ether oxygens (including phenoxy) is 1. The molecule has 0 aliphatic rings. The highest BCUT2D eigenvalue weighted by molar-refractivity contribution is 7.99. The summed E-state index contributed by atoms with van der Waals surface area (Å²) >= 11 is 1.76. The predicted octanol–water partition coefficient (Wildman–Crippen LogP) is 1.10. The normalized spacial score (nSPS) is 9.00. The van der Waals surface area contributed by atoms with Crippen LogP contribution in [0.15, 0.2) is 0 Å². The SMILES string of the molecule is CCSCCOC(=O)NC. The summed E-state index contributed by atoms with van der Waals surface area (Å²) in [4.78, 5) is 10.4. The monoisotopic (exact) mass is 163 g/mol. The van der Waals surface area contributed by atoms with E-state index in [-0.39, 0.29) is 6.09 Å². The van der Waals surface area contributed by atoms with Crippen molar-refractivity contribution in [3.05, 3.63) is 0 Å². The lowest BCUT2D eigenvalue weighted by atomic mass is 10.8. The number of hydrogen-bond acceptors (Lipinski definition) is 3. The zero-order valence-electron chi connectivity index (χ0n) is 6.35. The Balaban J connectivity index is 2.96. The lowest BCUT2D eigenvalue weighted by Gasteiger charge is -2.01. The number of rotatable bonds is 4. The fourth-order valence-electron chi connectivity index (χ4n) is 0.410. The Bertz CT molecular complexity index is 97.7. The molecular weight excluding hydrogens is 150 g/mol. The van der Waals surface area contributed by atoms with Crippen LogP contribution in [0.2, 0.25) is 0 Å². The van der Waals surface area contributed by atoms with Crippen LogP contribution in [0.5, 0.6) is 0 Å². The second kappa shape index (κ2) is 6.74. The molecule has 0 saturated carbocycles. The topological polar surface area (TPSA) is 38.3 Å². The minimum absolute atomic E-state index is 0.350. The van der Waals surface area contributed by atoms with Crippen molar-refractivity contribution in [1.82, 2.24) is 5.32 Å². The summed E-state index contributed by atoms with van der Waals surface area (Å²) in [5.74, 6) is 1.95. The van der Waals surface area contributed by atoms with Gasteiger partial charge in [0.2, 0.25) is 0 Å². The Hall–Kier alpha value is -0.380. The molecule has 60 valence electrons. The maximum Gasteiger partial charge on any atom is 0.406 e. The van der Waals surface area contributed by atoms with Crippen LogP contribution in [-0.4, -0.2) is 31.3 Å². The number of alkyl carbamates (subject to hydrolysis) is 1. The smallest absolute Gasteiger partial charge is 0.406 e. The summed E-state index contributed by atoms with van der Waals surface area (Å²) in [7, 11) is 1.55. The van der Waals surface area contributed by atoms with Crippen LogP contribution in [0.1, 0.15) is 6.92 Å². The molecule has 0 aromatic carbocycles. The highest BCUT2D eigenvalue weighted by Crippen LogP contribution is 1.96. The molecule has 0 saturated heterocycles. The zero-order valence-corrected chi connectivity index (χ0v) is 7.16. The standard InChI is InChI=1S/C6H13NO2S/c1-3-10-5-4-9-6(8)7-2/h3-5H2,1-2H3,(H,7,8). The van der Waals surface area contributed by atoms with Gasteiger partial charge >= 0.3 is 6.09 Å². The van der Waals surface area contributed by atoms with E-state index in [4.69, 9.17) is 4.74 Å². The fraction of sp³-hybridized carbons (Fsp3) is 0.833. The van der Waals surface area contributed by atoms with E-state index in [1.807, 2.05) is 0 Å². The van der Waals surface area contributed by atoms with E-state index in [2.05, 4.69) is 12.2 Å². The maximum absolute atomic E-state index is 10.4. The van der Waals surface area contributed by atoms with Gasteiger partial charge in [0, 0.05) is 12.8 Å². The van der Waals surface area contributed by atoms with Crippen LogP contribution in [0.25, 0.3) is 0 Å². The molecule has 0 heterocycles. The van der Waals surface area contributed by atoms with Gasteiger partial charge in [-0.05, 0) is 5.75 Å². The first kappa shape index (κ1) is 9.62. The summed E-state index contributed by atoms with van der Waals surface area (Å²) < 4.78 is 4.72. The third kappa shape index (κ3) is 5.75. The molecule has 1 N–H and O–H groups in total. The largest absolute Gasteiger partial charge is 0.449 e. The highest BCUT2D eigenvalue weighted by atomic mass is 32.2. The van der Waals surface area contributed by atoms with Gasteiger partial charge in [0.15, 0.2) is 0 Å². The molecule has 0 rings (SSSR count). The van der Waals surface area contributed by atoms with E-state index in [0.717, 1.165) is 11.5 Å². The van der Waals surface area contributed by atoms with Gasteiger partial charge in [-0.1, -0.05) is 6.92 Å². The number of carbonyl (C=O) groups is 1. The molecule has 0 aromatic rings. The van der Waals surface area contributed by atoms with Crippen molar-refractivity contribution in [3.8, 4) is 0 Å². The first-order valence-corrected chi connectivity index (χ1v) is 4.39. The van der Waals surface area contributed by atoms with E-state index in [0.29, 0.717) is 6.61 Å². The molecule has 0 bridgehead atoms. The van der Waals surface area contributed by atoms with Crippen molar-refractivity contribution < 1.29 is 9.53 Å². The number of hydrogen-bond donors (Lipinski definition) is 1. The van der Waals surface area contributed by atoms with Crippen LogP contribution in [0.4, 0.5) is 4.79 Å². The lowest BCUT2D eigenvalue weighted by molar-refractivity contribution is 0.155. The average Bonchev–Trinajstić information content (AvgIpc) is 1.98. The molecule has 0 aliphatic heterocycles. The van der Waals surface area contributed by atoms with E-state index in [1.165, 1.54) is 0 Å². The minimum atomic E-state index is -0.350. The Morgan fingerprint density at radius 1 is 1.70 bits per heavy atom. The van der Waals surface area contributed by atoms with Gasteiger partial charge < -0.3 is 10.1 Å². The summed E-state index contributed by atoms with van der Waals surface area (Å²) in [5.41, 5.74) is 0. The Kier molecular flexibility index (Phi) is 6.48. The Labute approximate surface area is 65.5 Å². The van der Waals surface area contributed by atoms with Gasteiger partial charge in [0.1, 0.15) is 6.61 Å². The summed E-state index contributed by atoms with van der Waals surface area (Å²) in [6.07, 6.45) is -0.350. The molecule has 0 unspecified atom stereocenters. The number of thioether (sulfide) groups is 1. The van der Waals surface area contributed by atoms with Gasteiger partial charge in [-0.3, -0.25) is 0 Å². The third-order valence-corrected chi connectivity index (χ3v) is 1.73. The quantitative estimate of drug-likeness (QED) is 0.631. The summed E-state index contributed by atoms with van der Waals surface area (Å²) in [6, 6.07) is 0. The van der Waals surface area contributed by atoms with Crippen molar-refractivity contribution in [2.75, 3.05) is 25.2 Å². The number of amides is 1. The first-order valence-electron chi connectivity index (χ1n) is 3.23. The minimum Gasteiger partial charge on any atom is -0.449 e. The average molecular weight is 163 g/mol. The second-order valence-electron chi connectivity index (χ2n) is 1.58. The molecule has 3 nitrogen and oxygen atoms in total. The molecular formula is C6H13NO2S. The predicted molar refractivity (Wildman–Crippen MR) is 43.4 cm³/mol. The fourth-order valence-corrected chi connectivity index (χ4v) is 0.900. The molecule has 0 aliphatic carbocycles. The van der Waals surface area contributed by atoms with Crippen molar-refractivity contribution in [2.45, 2.75) is 6.92 Å². The van der Waals surface area contributed by atoms with Gasteiger partial charge in [0.25, 0.3) is 0 Å². The molecule has 0 aromatic heterocycles. The lowest BCUT2D eigenvalue weighted by Crippen LogP contribution is -2.20. The number of carbonyl (C=O) groups excluding carboxylic acids is 1. The van der Waals surface area contributed by atoms with Crippen LogP contribution < -0.4 is 5.32 Å². The molecule has 1 amide bonds. The van der Waals surface area contributed by atoms with Crippen molar-refractivity contribution in [2.24, 2.45) is 0 Å². The summed E-state index contributed by atoms with van der Waals surface area (Å²) in [5, 5.41) is 2.37. The van der Waals surface area contributed by atoms with Crippen LogP contribution >= 0.6 is 11.8 Å². The van der Waals surface area contributed by atoms with E-state index < -0.39 is 0 Å². The Morgan fingerprint density at radius 3 is 2.90 bits per heavy atom. The molecule has 0 spiro atoms. The van der Waals surface area contributed by atoms with Gasteiger partial charge in [-0.15, -0.1) is 0 Å². The third-order valence-electron chi connectivity index (χ3n) is 0.869. The zero-order chi connectivity index (χ0) is 7.82. The Morgan fingerprint density at radius 2 is 2.40 bits per heavy atom. The van der Waals surface area contributed by atoms with E-state index in [9.17, 15) is 4.79 Å². The second-order valence-corrected chi connectivity index (χ2v) is 2.98. The van der Waals surface area contributed by atoms with Gasteiger partial charge in [-0.2, -0.15) is 11.8 Å².